The number of anilines is 1. The van der Waals surface area contributed by atoms with Crippen LogP contribution >= 0.6 is 0 Å². The maximum Gasteiger partial charge on any atom is 0.410 e. The van der Waals surface area contributed by atoms with E-state index in [2.05, 4.69) is 34.8 Å². The lowest BCUT2D eigenvalue weighted by atomic mass is 9.84. The van der Waals surface area contributed by atoms with Crippen molar-refractivity contribution in [1.29, 1.82) is 0 Å². The summed E-state index contributed by atoms with van der Waals surface area (Å²) in [4.78, 5) is 32.9. The topological polar surface area (TPSA) is 88.9 Å². The Morgan fingerprint density at radius 1 is 1.17 bits per heavy atom. The number of hydrogen-bond donors (Lipinski definition) is 1. The van der Waals surface area contributed by atoms with Crippen molar-refractivity contribution in [2.24, 2.45) is 5.92 Å². The number of amides is 2. The Bertz CT molecular complexity index is 1260. The van der Waals surface area contributed by atoms with E-state index in [1.807, 2.05) is 16.8 Å². The predicted molar refractivity (Wildman–Crippen MR) is 158 cm³/mol. The third kappa shape index (κ3) is 8.39. The number of ether oxygens (including phenoxy) is 2. The number of hydrogen-bond acceptors (Lipinski definition) is 6. The minimum absolute atomic E-state index is 0.0107. The first-order valence-corrected chi connectivity index (χ1v) is 18.4. The second kappa shape index (κ2) is 12.4. The van der Waals surface area contributed by atoms with Gasteiger partial charge in [0, 0.05) is 45.0 Å². The van der Waals surface area contributed by atoms with Crippen LogP contribution in [0.1, 0.15) is 56.8 Å². The van der Waals surface area contributed by atoms with Crippen molar-refractivity contribution in [2.75, 3.05) is 31.3 Å². The summed E-state index contributed by atoms with van der Waals surface area (Å²) in [6.45, 7) is 11.9. The fourth-order valence-electron chi connectivity index (χ4n) is 5.59. The van der Waals surface area contributed by atoms with Crippen molar-refractivity contribution in [2.45, 2.75) is 96.7 Å². The molecule has 4 rings (SSSR count). The summed E-state index contributed by atoms with van der Waals surface area (Å²) in [5.74, 6) is -0.259. The van der Waals surface area contributed by atoms with Crippen LogP contribution in [0.15, 0.2) is 18.5 Å². The minimum atomic E-state index is -4.51. The van der Waals surface area contributed by atoms with Gasteiger partial charge in [-0.15, -0.1) is 0 Å². The fraction of sp³-hybridized carbons (Fsp3) is 0.690. The summed E-state index contributed by atoms with van der Waals surface area (Å²) in [5.41, 5.74) is 1.20. The van der Waals surface area contributed by atoms with Crippen molar-refractivity contribution in [3.05, 3.63) is 24.0 Å². The summed E-state index contributed by atoms with van der Waals surface area (Å²) in [5, 5.41) is 3.82. The Morgan fingerprint density at radius 3 is 2.48 bits per heavy atom. The van der Waals surface area contributed by atoms with Crippen molar-refractivity contribution in [3.8, 4) is 0 Å². The van der Waals surface area contributed by atoms with Crippen molar-refractivity contribution < 1.29 is 32.2 Å². The van der Waals surface area contributed by atoms with Gasteiger partial charge < -0.3 is 24.3 Å². The fourth-order valence-corrected chi connectivity index (χ4v) is 6.34. The predicted octanol–water partition coefficient (Wildman–Crippen LogP) is 6.21. The lowest BCUT2D eigenvalue weighted by Crippen LogP contribution is -2.50. The summed E-state index contributed by atoms with van der Waals surface area (Å²) in [7, 11) is -1.21. The normalized spacial score (nSPS) is 19.9. The first-order chi connectivity index (χ1) is 19.5. The highest BCUT2D eigenvalue weighted by Gasteiger charge is 2.38. The smallest absolute Gasteiger partial charge is 0.410 e. The molecule has 2 amide bonds. The summed E-state index contributed by atoms with van der Waals surface area (Å²) in [6, 6.07) is 3.12. The molecule has 2 aromatic rings. The van der Waals surface area contributed by atoms with E-state index >= 15 is 0 Å². The average molecular weight is 612 g/mol. The molecular formula is C29H44F3N5O4Si. The first kappa shape index (κ1) is 32.1. The number of aromatic nitrogens is 2. The molecule has 0 spiro atoms. The Labute approximate surface area is 246 Å². The molecule has 0 radical (unpaired) electrons. The van der Waals surface area contributed by atoms with Crippen LogP contribution in [-0.2, 0) is 16.2 Å². The second-order valence-electron chi connectivity index (χ2n) is 13.7. The van der Waals surface area contributed by atoms with E-state index in [-0.39, 0.29) is 24.4 Å². The van der Waals surface area contributed by atoms with Crippen LogP contribution in [0.5, 0.6) is 0 Å². The Kier molecular flexibility index (Phi) is 9.51. The van der Waals surface area contributed by atoms with Crippen molar-refractivity contribution in [3.63, 3.8) is 0 Å². The number of carbonyl (C=O) groups excluding carboxylic acids is 2. The monoisotopic (exact) mass is 611 g/mol. The van der Waals surface area contributed by atoms with E-state index in [9.17, 15) is 22.8 Å². The number of alkyl halides is 3. The van der Waals surface area contributed by atoms with Gasteiger partial charge in [0.15, 0.2) is 0 Å². The van der Waals surface area contributed by atoms with Gasteiger partial charge >= 0.3 is 12.3 Å². The highest BCUT2D eigenvalue weighted by Crippen LogP contribution is 2.38. The molecule has 1 N–H and O–H groups in total. The van der Waals surface area contributed by atoms with Crippen LogP contribution in [0.4, 0.5) is 23.7 Å². The van der Waals surface area contributed by atoms with Gasteiger partial charge in [0.25, 0.3) is 5.91 Å². The van der Waals surface area contributed by atoms with E-state index in [0.29, 0.717) is 38.4 Å². The summed E-state index contributed by atoms with van der Waals surface area (Å²) in [6.07, 6.45) is 0.831. The van der Waals surface area contributed by atoms with Crippen molar-refractivity contribution >= 4 is 36.8 Å². The highest BCUT2D eigenvalue weighted by atomic mass is 28.3. The molecule has 9 nitrogen and oxygen atoms in total. The molecule has 2 aliphatic rings. The molecule has 13 heteroatoms. The molecule has 1 aliphatic carbocycles. The lowest BCUT2D eigenvalue weighted by molar-refractivity contribution is -0.146. The van der Waals surface area contributed by atoms with Gasteiger partial charge in [0.2, 0.25) is 0 Å². The standard InChI is InChI=1S/C29H44F3N5O4Si/c1-28(2,3)41-27(39)36(17-29(30,31)32)16-20-7-9-21(10-8-20)37-18-34-26(38)23-15-33-25-22(24(23)37)11-12-35(25)19-40-13-14-42(4,5)6/h11-12,15,20-21H,7-10,13-14,16-19H2,1-6H3,(H,34,38). The van der Waals surface area contributed by atoms with Crippen LogP contribution in [0, 0.1) is 5.92 Å². The van der Waals surface area contributed by atoms with Crippen LogP contribution in [0.3, 0.4) is 0 Å². The summed E-state index contributed by atoms with van der Waals surface area (Å²) < 4.78 is 53.0. The molecule has 234 valence electrons. The average Bonchev–Trinajstić information content (AvgIpc) is 3.28. The quantitative estimate of drug-likeness (QED) is 0.268. The molecule has 0 atom stereocenters. The van der Waals surface area contributed by atoms with Crippen LogP contribution in [-0.4, -0.2) is 78.7 Å². The van der Waals surface area contributed by atoms with Gasteiger partial charge in [0.05, 0.1) is 17.9 Å². The van der Waals surface area contributed by atoms with E-state index in [1.54, 1.807) is 27.0 Å². The lowest BCUT2D eigenvalue weighted by Gasteiger charge is -2.42. The molecule has 0 unspecified atom stereocenters. The zero-order valence-electron chi connectivity index (χ0n) is 25.5. The Hall–Kier alpha value is -2.80. The zero-order chi connectivity index (χ0) is 30.9. The van der Waals surface area contributed by atoms with Crippen LogP contribution in [0.25, 0.3) is 11.0 Å². The summed E-state index contributed by atoms with van der Waals surface area (Å²) >= 11 is 0. The molecule has 3 heterocycles. The third-order valence-corrected chi connectivity index (χ3v) is 9.39. The molecule has 1 fully saturated rings. The largest absolute Gasteiger partial charge is 0.444 e. The molecule has 42 heavy (non-hydrogen) atoms. The zero-order valence-corrected chi connectivity index (χ0v) is 26.5. The van der Waals surface area contributed by atoms with Crippen molar-refractivity contribution in [1.82, 2.24) is 19.8 Å². The number of nitrogens with one attached hydrogen (secondary N) is 1. The number of halogens is 3. The SMILES string of the molecule is CC(C)(C)OC(=O)N(CC1CCC(N2CNC(=O)c3cnc4c(ccn4COCC[Si](C)(C)C)c32)CC1)CC(F)(F)F. The molecular weight excluding hydrogens is 567 g/mol. The van der Waals surface area contributed by atoms with Gasteiger partial charge in [-0.3, -0.25) is 9.69 Å². The van der Waals surface area contributed by atoms with E-state index in [4.69, 9.17) is 9.47 Å². The Morgan fingerprint density at radius 2 is 1.86 bits per heavy atom. The molecule has 1 saturated carbocycles. The van der Waals surface area contributed by atoms with Crippen LogP contribution in [0.2, 0.25) is 25.7 Å². The van der Waals surface area contributed by atoms with Gasteiger partial charge in [-0.05, 0) is 64.5 Å². The van der Waals surface area contributed by atoms with E-state index in [0.717, 1.165) is 40.5 Å². The first-order valence-electron chi connectivity index (χ1n) is 14.7. The third-order valence-electron chi connectivity index (χ3n) is 7.69. The Balaban J connectivity index is 1.46. The number of rotatable bonds is 9. The molecule has 1 aliphatic heterocycles. The number of carbonyl (C=O) groups is 2. The molecule has 0 aromatic carbocycles. The maximum atomic E-state index is 13.3. The van der Waals surface area contributed by atoms with Crippen LogP contribution < -0.4 is 10.2 Å². The molecule has 2 aromatic heterocycles. The van der Waals surface area contributed by atoms with Gasteiger partial charge in [0.1, 0.15) is 24.5 Å². The maximum absolute atomic E-state index is 13.3. The van der Waals surface area contributed by atoms with Gasteiger partial charge in [-0.25, -0.2) is 9.78 Å². The highest BCUT2D eigenvalue weighted by molar-refractivity contribution is 6.76. The second-order valence-corrected chi connectivity index (χ2v) is 19.3. The minimum Gasteiger partial charge on any atom is -0.444 e. The number of fused-ring (bicyclic) bond motifs is 3. The van der Waals surface area contributed by atoms with E-state index < -0.39 is 32.5 Å². The van der Waals surface area contributed by atoms with Gasteiger partial charge in [-0.1, -0.05) is 19.6 Å². The number of pyridine rings is 1. The molecule has 0 bridgehead atoms. The molecule has 0 saturated heterocycles. The van der Waals surface area contributed by atoms with E-state index in [1.165, 1.54) is 0 Å². The van der Waals surface area contributed by atoms with Gasteiger partial charge in [-0.2, -0.15) is 13.2 Å². The number of nitrogens with zero attached hydrogens (tertiary/aromatic N) is 4.